The Balaban J connectivity index is 1.01. The predicted octanol–water partition coefficient (Wildman–Crippen LogP) is 13.2. The van der Waals surface area contributed by atoms with Crippen molar-refractivity contribution in [3.63, 3.8) is 0 Å². The van der Waals surface area contributed by atoms with Crippen LogP contribution in [0.2, 0.25) is 0 Å². The molecule has 310 valence electrons. The number of rotatable bonds is 9. The number of benzene rings is 7. The van der Waals surface area contributed by atoms with Crippen LogP contribution in [-0.2, 0) is 5.41 Å². The molecule has 1 unspecified atom stereocenters. The standard InChI is InChI=1S/C58H48N6/c1-5-15-42(16-6-1)52-59-53(43-17-7-2-8-18-43)62-56(61-52)49-24-14-13-23-48(49)46-27-30-50(57-63-54(44-19-9-3-10-20-44)60-55(64-57)45-21-11-4-12-22-45)51(34-46)41-25-28-47(29-26-41)58-35-39-31-38(32-39)33-40(36-58)37-58/h1-30,34,38-40,52H,31-33,35-37H2,(H,59,61,62). The van der Waals surface area contributed by atoms with E-state index in [1.54, 1.807) is 0 Å². The first-order chi connectivity index (χ1) is 31.6. The van der Waals surface area contributed by atoms with Gasteiger partial charge in [0.25, 0.3) is 0 Å². The summed E-state index contributed by atoms with van der Waals surface area (Å²) in [4.78, 5) is 26.0. The van der Waals surface area contributed by atoms with Gasteiger partial charge in [-0.1, -0.05) is 176 Å². The minimum atomic E-state index is -0.302. The molecule has 6 saturated carbocycles. The van der Waals surface area contributed by atoms with E-state index < -0.39 is 0 Å². The Morgan fingerprint density at radius 3 is 1.59 bits per heavy atom. The highest BCUT2D eigenvalue weighted by Crippen LogP contribution is 2.61. The third kappa shape index (κ3) is 7.23. The number of aromatic nitrogens is 3. The van der Waals surface area contributed by atoms with Crippen LogP contribution in [-0.4, -0.2) is 26.6 Å². The van der Waals surface area contributed by atoms with E-state index in [0.29, 0.717) is 28.7 Å². The Bertz CT molecular complexity index is 2970. The zero-order valence-corrected chi connectivity index (χ0v) is 35.7. The van der Waals surface area contributed by atoms with E-state index in [2.05, 4.69) is 133 Å². The Labute approximate surface area is 375 Å². The van der Waals surface area contributed by atoms with Crippen LogP contribution >= 0.6 is 0 Å². The normalized spacial score (nSPS) is 22.1. The van der Waals surface area contributed by atoms with Gasteiger partial charge in [0, 0.05) is 27.8 Å². The van der Waals surface area contributed by atoms with Gasteiger partial charge >= 0.3 is 0 Å². The second-order valence-corrected chi connectivity index (χ2v) is 18.4. The Kier molecular flexibility index (Phi) is 9.66. The molecule has 0 amide bonds. The lowest BCUT2D eigenvalue weighted by Gasteiger charge is -2.57. The summed E-state index contributed by atoms with van der Waals surface area (Å²) in [5.41, 5.74) is 12.0. The fraction of sp³-hybridized carbons (Fsp3) is 0.190. The highest BCUT2D eigenvalue weighted by molar-refractivity contribution is 6.15. The topological polar surface area (TPSA) is 75.4 Å². The molecule has 64 heavy (non-hydrogen) atoms. The molecule has 1 aromatic heterocycles. The number of amidine groups is 2. The van der Waals surface area contributed by atoms with Crippen LogP contribution in [0.4, 0.5) is 0 Å². The van der Waals surface area contributed by atoms with Crippen molar-refractivity contribution in [3.05, 3.63) is 210 Å². The fourth-order valence-corrected chi connectivity index (χ4v) is 11.1. The maximum atomic E-state index is 5.28. The van der Waals surface area contributed by atoms with E-state index in [9.17, 15) is 0 Å². The summed E-state index contributed by atoms with van der Waals surface area (Å²) in [7, 11) is 0. The summed E-state index contributed by atoms with van der Waals surface area (Å²) in [5, 5.41) is 3.62. The highest BCUT2D eigenvalue weighted by atomic mass is 15.2. The summed E-state index contributed by atoms with van der Waals surface area (Å²) in [6, 6.07) is 65.9. The molecule has 1 atom stereocenters. The molecule has 7 aliphatic rings. The molecule has 1 aliphatic heterocycles. The van der Waals surface area contributed by atoms with Crippen molar-refractivity contribution in [2.45, 2.75) is 50.1 Å². The zero-order valence-electron chi connectivity index (χ0n) is 35.7. The molecule has 6 heteroatoms. The summed E-state index contributed by atoms with van der Waals surface area (Å²) in [6.07, 6.45) is 8.02. The van der Waals surface area contributed by atoms with Gasteiger partial charge in [0.1, 0.15) is 12.0 Å². The van der Waals surface area contributed by atoms with Gasteiger partial charge < -0.3 is 5.32 Å². The molecule has 0 saturated heterocycles. The van der Waals surface area contributed by atoms with E-state index in [4.69, 9.17) is 24.9 Å². The smallest absolute Gasteiger partial charge is 0.164 e. The van der Waals surface area contributed by atoms with Crippen molar-refractivity contribution in [1.29, 1.82) is 0 Å². The van der Waals surface area contributed by atoms with Gasteiger partial charge in [-0.3, -0.25) is 0 Å². The molecule has 4 bridgehead atoms. The average Bonchev–Trinajstić information content (AvgIpc) is 3.33. The van der Waals surface area contributed by atoms with Crippen LogP contribution in [0.1, 0.15) is 66.9 Å². The van der Waals surface area contributed by atoms with Gasteiger partial charge in [0.15, 0.2) is 23.3 Å². The van der Waals surface area contributed by atoms with Crippen LogP contribution in [0.3, 0.4) is 0 Å². The van der Waals surface area contributed by atoms with E-state index in [0.717, 1.165) is 79.2 Å². The second-order valence-electron chi connectivity index (χ2n) is 18.4. The highest BCUT2D eigenvalue weighted by Gasteiger charge is 2.52. The van der Waals surface area contributed by atoms with Crippen molar-refractivity contribution < 1.29 is 0 Å². The number of hydrogen-bond acceptors (Lipinski definition) is 6. The fourth-order valence-electron chi connectivity index (χ4n) is 11.1. The molecule has 6 aliphatic carbocycles. The first-order valence-corrected chi connectivity index (χ1v) is 22.9. The largest absolute Gasteiger partial charge is 0.344 e. The monoisotopic (exact) mass is 828 g/mol. The van der Waals surface area contributed by atoms with Gasteiger partial charge in [-0.2, -0.15) is 0 Å². The first-order valence-electron chi connectivity index (χ1n) is 22.9. The molecule has 0 radical (unpaired) electrons. The van der Waals surface area contributed by atoms with Crippen molar-refractivity contribution in [3.8, 4) is 56.4 Å². The third-order valence-corrected chi connectivity index (χ3v) is 14.2. The SMILES string of the molecule is c1ccc(C2=NC(c3ccccc3-c3ccc(-c4nc(-c5ccccc5)nc(-c5ccccc5)n4)c(-c4ccc(C56CC7CC(C7)CC(C5)C6)cc4)c3)=NC(c3ccccc3)N2)cc1. The van der Waals surface area contributed by atoms with Crippen LogP contribution in [0.25, 0.3) is 56.4 Å². The molecule has 7 aromatic carbocycles. The minimum Gasteiger partial charge on any atom is -0.344 e. The van der Waals surface area contributed by atoms with Crippen LogP contribution in [0.5, 0.6) is 0 Å². The van der Waals surface area contributed by atoms with Crippen LogP contribution in [0.15, 0.2) is 198 Å². The molecule has 2 heterocycles. The number of nitrogens with one attached hydrogen (secondary N) is 1. The van der Waals surface area contributed by atoms with E-state index in [-0.39, 0.29) is 6.17 Å². The van der Waals surface area contributed by atoms with Crippen molar-refractivity contribution in [2.75, 3.05) is 0 Å². The first kappa shape index (κ1) is 38.4. The van der Waals surface area contributed by atoms with Gasteiger partial charge in [0.2, 0.25) is 0 Å². The van der Waals surface area contributed by atoms with Gasteiger partial charge in [0.05, 0.1) is 0 Å². The number of nitrogens with zero attached hydrogens (tertiary/aromatic N) is 5. The molecule has 6 nitrogen and oxygen atoms in total. The third-order valence-electron chi connectivity index (χ3n) is 14.2. The Morgan fingerprint density at radius 2 is 0.938 bits per heavy atom. The molecular weight excluding hydrogens is 781 g/mol. The quantitative estimate of drug-likeness (QED) is 0.157. The average molecular weight is 829 g/mol. The van der Waals surface area contributed by atoms with Gasteiger partial charge in [-0.15, -0.1) is 0 Å². The van der Waals surface area contributed by atoms with Crippen LogP contribution < -0.4 is 5.32 Å². The predicted molar refractivity (Wildman–Crippen MR) is 259 cm³/mol. The summed E-state index contributed by atoms with van der Waals surface area (Å²) in [6.45, 7) is 0. The number of aliphatic imine (C=N–C) groups is 2. The zero-order chi connectivity index (χ0) is 42.5. The lowest BCUT2D eigenvalue weighted by Crippen LogP contribution is -2.49. The molecule has 6 fully saturated rings. The van der Waals surface area contributed by atoms with Crippen molar-refractivity contribution >= 4 is 11.7 Å². The maximum absolute atomic E-state index is 5.28. The lowest BCUT2D eigenvalue weighted by molar-refractivity contribution is -0.00564. The molecular formula is C58H48N6. The van der Waals surface area contributed by atoms with E-state index in [1.807, 2.05) is 60.7 Å². The Hall–Kier alpha value is -7.31. The van der Waals surface area contributed by atoms with Crippen molar-refractivity contribution in [1.82, 2.24) is 20.3 Å². The second kappa shape index (κ2) is 16.1. The molecule has 1 N–H and O–H groups in total. The molecule has 15 rings (SSSR count). The molecule has 0 spiro atoms. The summed E-state index contributed by atoms with van der Waals surface area (Å²) < 4.78 is 0. The summed E-state index contributed by atoms with van der Waals surface area (Å²) >= 11 is 0. The van der Waals surface area contributed by atoms with Gasteiger partial charge in [-0.05, 0) is 107 Å². The minimum absolute atomic E-state index is 0.302. The van der Waals surface area contributed by atoms with Gasteiger partial charge in [-0.25, -0.2) is 24.9 Å². The summed E-state index contributed by atoms with van der Waals surface area (Å²) in [5.74, 6) is 6.16. The number of hydrogen-bond donors (Lipinski definition) is 1. The van der Waals surface area contributed by atoms with Crippen LogP contribution in [0, 0.1) is 17.8 Å². The van der Waals surface area contributed by atoms with Crippen molar-refractivity contribution in [2.24, 2.45) is 27.7 Å². The maximum Gasteiger partial charge on any atom is 0.164 e. The molecule has 8 aromatic rings. The Morgan fingerprint density at radius 1 is 0.406 bits per heavy atom. The van der Waals surface area contributed by atoms with E-state index >= 15 is 0 Å². The lowest BCUT2D eigenvalue weighted by atomic mass is 9.47. The van der Waals surface area contributed by atoms with E-state index in [1.165, 1.54) is 44.1 Å².